The smallest absolute Gasteiger partial charge is 0.154 e. The highest BCUT2D eigenvalue weighted by Crippen LogP contribution is 2.22. The summed E-state index contributed by atoms with van der Waals surface area (Å²) in [4.78, 5) is 0. The quantitative estimate of drug-likeness (QED) is 0.877. The van der Waals surface area contributed by atoms with Crippen molar-refractivity contribution in [3.8, 4) is 5.75 Å². The Labute approximate surface area is 127 Å². The zero-order valence-electron chi connectivity index (χ0n) is 13.0. The molecule has 1 aromatic carbocycles. The Morgan fingerprint density at radius 1 is 1.24 bits per heavy atom. The fourth-order valence-electron chi connectivity index (χ4n) is 2.62. The largest absolute Gasteiger partial charge is 0.491 e. The van der Waals surface area contributed by atoms with Gasteiger partial charge in [0.2, 0.25) is 0 Å². The number of rotatable bonds is 6. The maximum atomic E-state index is 11.8. The molecule has 2 atom stereocenters. The van der Waals surface area contributed by atoms with E-state index in [1.54, 1.807) is 0 Å². The number of benzene rings is 1. The van der Waals surface area contributed by atoms with Crippen LogP contribution >= 0.6 is 0 Å². The summed E-state index contributed by atoms with van der Waals surface area (Å²) in [5.74, 6) is 1.20. The maximum Gasteiger partial charge on any atom is 0.154 e. The van der Waals surface area contributed by atoms with Gasteiger partial charge >= 0.3 is 0 Å². The first-order chi connectivity index (χ1) is 9.88. The number of sulfone groups is 1. The molecule has 1 aliphatic heterocycles. The van der Waals surface area contributed by atoms with Crippen LogP contribution in [0.1, 0.15) is 45.2 Å². The molecule has 5 heteroatoms. The third-order valence-electron chi connectivity index (χ3n) is 3.87. The second-order valence-electron chi connectivity index (χ2n) is 6.00. The van der Waals surface area contributed by atoms with Gasteiger partial charge in [-0.25, -0.2) is 8.42 Å². The summed E-state index contributed by atoms with van der Waals surface area (Å²) in [6, 6.07) is 8.10. The van der Waals surface area contributed by atoms with Gasteiger partial charge in [0.25, 0.3) is 0 Å². The number of hydrogen-bond acceptors (Lipinski definition) is 4. The van der Waals surface area contributed by atoms with Gasteiger partial charge in [-0.2, -0.15) is 0 Å². The van der Waals surface area contributed by atoms with Crippen molar-refractivity contribution in [1.29, 1.82) is 0 Å². The molecule has 1 heterocycles. The van der Waals surface area contributed by atoms with Crippen molar-refractivity contribution in [2.75, 3.05) is 12.3 Å². The molecule has 2 unspecified atom stereocenters. The highest BCUT2D eigenvalue weighted by atomic mass is 32.2. The lowest BCUT2D eigenvalue weighted by molar-refractivity contribution is 0.242. The van der Waals surface area contributed by atoms with Crippen molar-refractivity contribution in [2.45, 2.75) is 51.0 Å². The van der Waals surface area contributed by atoms with E-state index in [-0.39, 0.29) is 17.4 Å². The monoisotopic (exact) mass is 311 g/mol. The van der Waals surface area contributed by atoms with Crippen LogP contribution < -0.4 is 10.1 Å². The molecular weight excluding hydrogens is 286 g/mol. The van der Waals surface area contributed by atoms with Crippen molar-refractivity contribution < 1.29 is 13.2 Å². The molecule has 0 bridgehead atoms. The fraction of sp³-hybridized carbons (Fsp3) is 0.625. The Kier molecular flexibility index (Phi) is 5.27. The van der Waals surface area contributed by atoms with Crippen LogP contribution in [0.2, 0.25) is 0 Å². The molecule has 0 aliphatic carbocycles. The lowest BCUT2D eigenvalue weighted by atomic mass is 10.1. The zero-order chi connectivity index (χ0) is 15.5. The Hall–Kier alpha value is -1.07. The topological polar surface area (TPSA) is 55.4 Å². The van der Waals surface area contributed by atoms with Gasteiger partial charge in [0, 0.05) is 12.6 Å². The molecule has 118 valence electrons. The van der Waals surface area contributed by atoms with E-state index in [4.69, 9.17) is 4.74 Å². The van der Waals surface area contributed by atoms with Crippen LogP contribution in [-0.4, -0.2) is 32.1 Å². The average molecular weight is 311 g/mol. The molecule has 1 saturated heterocycles. The summed E-state index contributed by atoms with van der Waals surface area (Å²) < 4.78 is 29.2. The Morgan fingerprint density at radius 2 is 1.90 bits per heavy atom. The first-order valence-corrected chi connectivity index (χ1v) is 9.31. The summed E-state index contributed by atoms with van der Waals surface area (Å²) in [6.07, 6.45) is 1.74. The number of hydrogen-bond donors (Lipinski definition) is 1. The normalized spacial score (nSPS) is 22.4. The number of ether oxygens (including phenoxy) is 1. The predicted molar refractivity (Wildman–Crippen MR) is 85.4 cm³/mol. The van der Waals surface area contributed by atoms with Gasteiger partial charge < -0.3 is 10.1 Å². The minimum Gasteiger partial charge on any atom is -0.491 e. The van der Waals surface area contributed by atoms with Gasteiger partial charge in [-0.3, -0.25) is 0 Å². The predicted octanol–water partition coefficient (Wildman–Crippen LogP) is 2.70. The van der Waals surface area contributed by atoms with Gasteiger partial charge in [-0.1, -0.05) is 12.1 Å². The van der Waals surface area contributed by atoms with E-state index in [0.717, 1.165) is 24.2 Å². The first-order valence-electron chi connectivity index (χ1n) is 7.60. The third kappa shape index (κ3) is 4.45. The van der Waals surface area contributed by atoms with Gasteiger partial charge in [-0.15, -0.1) is 0 Å². The van der Waals surface area contributed by atoms with E-state index >= 15 is 0 Å². The lowest BCUT2D eigenvalue weighted by Gasteiger charge is -2.18. The van der Waals surface area contributed by atoms with E-state index in [9.17, 15) is 8.42 Å². The van der Waals surface area contributed by atoms with Crippen molar-refractivity contribution >= 4 is 9.84 Å². The SMILES string of the molecule is CC(C)Oc1ccc(C(C)NCC2CCCS2(=O)=O)cc1. The van der Waals surface area contributed by atoms with Gasteiger partial charge in [0.15, 0.2) is 9.84 Å². The minimum absolute atomic E-state index is 0.133. The molecule has 1 N–H and O–H groups in total. The van der Waals surface area contributed by atoms with Crippen LogP contribution in [0, 0.1) is 0 Å². The second kappa shape index (κ2) is 6.79. The summed E-state index contributed by atoms with van der Waals surface area (Å²) in [6.45, 7) is 6.59. The lowest BCUT2D eigenvalue weighted by Crippen LogP contribution is -2.32. The van der Waals surface area contributed by atoms with Crippen molar-refractivity contribution in [3.63, 3.8) is 0 Å². The maximum absolute atomic E-state index is 11.8. The molecule has 0 radical (unpaired) electrons. The summed E-state index contributed by atoms with van der Waals surface area (Å²) in [5.41, 5.74) is 1.14. The standard InChI is InChI=1S/C16H25NO3S/c1-12(2)20-15-8-6-14(7-9-15)13(3)17-11-16-5-4-10-21(16,18)19/h6-9,12-13,16-17H,4-5,10-11H2,1-3H3. The van der Waals surface area contributed by atoms with E-state index in [1.807, 2.05) is 38.1 Å². The molecule has 1 fully saturated rings. The third-order valence-corrected chi connectivity index (χ3v) is 6.14. The van der Waals surface area contributed by atoms with Gasteiger partial charge in [0.1, 0.15) is 5.75 Å². The highest BCUT2D eigenvalue weighted by Gasteiger charge is 2.31. The van der Waals surface area contributed by atoms with Crippen LogP contribution in [0.3, 0.4) is 0 Å². The van der Waals surface area contributed by atoms with Gasteiger partial charge in [0.05, 0.1) is 17.1 Å². The molecule has 0 saturated carbocycles. The van der Waals surface area contributed by atoms with Gasteiger partial charge in [-0.05, 0) is 51.3 Å². The van der Waals surface area contributed by atoms with E-state index < -0.39 is 9.84 Å². The molecule has 0 amide bonds. The minimum atomic E-state index is -2.87. The van der Waals surface area contributed by atoms with Crippen LogP contribution in [0.5, 0.6) is 5.75 Å². The molecule has 1 aromatic rings. The molecule has 0 aromatic heterocycles. The summed E-state index contributed by atoms with van der Waals surface area (Å²) >= 11 is 0. The van der Waals surface area contributed by atoms with E-state index in [0.29, 0.717) is 12.3 Å². The zero-order valence-corrected chi connectivity index (χ0v) is 13.8. The second-order valence-corrected chi connectivity index (χ2v) is 8.40. The molecule has 2 rings (SSSR count). The van der Waals surface area contributed by atoms with Crippen LogP contribution in [0.15, 0.2) is 24.3 Å². The average Bonchev–Trinajstić information content (AvgIpc) is 2.75. The van der Waals surface area contributed by atoms with Crippen LogP contribution in [0.4, 0.5) is 0 Å². The van der Waals surface area contributed by atoms with Crippen molar-refractivity contribution in [3.05, 3.63) is 29.8 Å². The van der Waals surface area contributed by atoms with Crippen molar-refractivity contribution in [2.24, 2.45) is 0 Å². The first kappa shape index (κ1) is 16.3. The van der Waals surface area contributed by atoms with Crippen LogP contribution in [0.25, 0.3) is 0 Å². The summed E-state index contributed by atoms with van der Waals surface area (Å²) in [5, 5.41) is 3.12. The van der Waals surface area contributed by atoms with E-state index in [1.165, 1.54) is 0 Å². The van der Waals surface area contributed by atoms with Crippen LogP contribution in [-0.2, 0) is 9.84 Å². The Balaban J connectivity index is 1.90. The Bertz CT molecular complexity index is 551. The highest BCUT2D eigenvalue weighted by molar-refractivity contribution is 7.92. The molecule has 1 aliphatic rings. The fourth-order valence-corrected chi connectivity index (χ4v) is 4.40. The number of nitrogens with one attached hydrogen (secondary N) is 1. The Morgan fingerprint density at radius 3 is 2.43 bits per heavy atom. The van der Waals surface area contributed by atoms with Crippen molar-refractivity contribution in [1.82, 2.24) is 5.32 Å². The molecule has 0 spiro atoms. The molecule has 4 nitrogen and oxygen atoms in total. The summed E-state index contributed by atoms with van der Waals surface area (Å²) in [7, 11) is -2.87. The molecule has 21 heavy (non-hydrogen) atoms. The molecular formula is C16H25NO3S. The van der Waals surface area contributed by atoms with E-state index in [2.05, 4.69) is 12.2 Å².